The topological polar surface area (TPSA) is 58.6 Å². The maximum absolute atomic E-state index is 12.1. The summed E-state index contributed by atoms with van der Waals surface area (Å²) in [6.45, 7) is 9.99. The highest BCUT2D eigenvalue weighted by Crippen LogP contribution is 2.22. The molecule has 1 aliphatic heterocycles. The third-order valence-corrected chi connectivity index (χ3v) is 3.69. The van der Waals surface area contributed by atoms with Crippen molar-refractivity contribution in [2.24, 2.45) is 5.92 Å². The summed E-state index contributed by atoms with van der Waals surface area (Å²) in [5, 5.41) is 0. The number of aryl methyl sites for hydroxylation is 1. The fourth-order valence-corrected chi connectivity index (χ4v) is 2.72. The van der Waals surface area contributed by atoms with Crippen LogP contribution in [0, 0.1) is 12.8 Å². The molecular formula is C16H26N4O2. The first-order valence-electron chi connectivity index (χ1n) is 7.73. The Bertz CT molecular complexity index is 527. The molecule has 1 fully saturated rings. The number of aromatic nitrogens is 2. The Morgan fingerprint density at radius 3 is 2.73 bits per heavy atom. The van der Waals surface area contributed by atoms with Crippen molar-refractivity contribution in [3.8, 4) is 0 Å². The summed E-state index contributed by atoms with van der Waals surface area (Å²) in [7, 11) is 2.02. The van der Waals surface area contributed by atoms with Gasteiger partial charge in [-0.1, -0.05) is 0 Å². The molecule has 0 unspecified atom stereocenters. The lowest BCUT2D eigenvalue weighted by molar-refractivity contribution is 0.0288. The molecule has 22 heavy (non-hydrogen) atoms. The molecular weight excluding hydrogens is 280 g/mol. The van der Waals surface area contributed by atoms with Gasteiger partial charge in [0.2, 0.25) is 0 Å². The summed E-state index contributed by atoms with van der Waals surface area (Å²) >= 11 is 0. The lowest BCUT2D eigenvalue weighted by Gasteiger charge is -2.25. The zero-order chi connectivity index (χ0) is 16.3. The molecule has 6 nitrogen and oxygen atoms in total. The number of hydrogen-bond donors (Lipinski definition) is 0. The minimum Gasteiger partial charge on any atom is -0.444 e. The molecule has 1 aromatic rings. The molecule has 1 saturated heterocycles. The zero-order valence-corrected chi connectivity index (χ0v) is 14.2. The van der Waals surface area contributed by atoms with Gasteiger partial charge in [-0.05, 0) is 40.0 Å². The van der Waals surface area contributed by atoms with Crippen LogP contribution in [-0.2, 0) is 4.74 Å². The van der Waals surface area contributed by atoms with Crippen molar-refractivity contribution in [1.82, 2.24) is 14.9 Å². The molecule has 0 spiro atoms. The van der Waals surface area contributed by atoms with Gasteiger partial charge < -0.3 is 14.5 Å². The molecule has 0 aromatic carbocycles. The van der Waals surface area contributed by atoms with Gasteiger partial charge in [0.15, 0.2) is 0 Å². The predicted octanol–water partition coefficient (Wildman–Crippen LogP) is 2.48. The minimum absolute atomic E-state index is 0.215. The number of hydrogen-bond acceptors (Lipinski definition) is 5. The number of nitrogens with zero attached hydrogens (tertiary/aromatic N) is 4. The van der Waals surface area contributed by atoms with Gasteiger partial charge in [0.25, 0.3) is 0 Å². The van der Waals surface area contributed by atoms with Crippen LogP contribution in [0.4, 0.5) is 10.6 Å². The van der Waals surface area contributed by atoms with Crippen molar-refractivity contribution in [3.63, 3.8) is 0 Å². The Balaban J connectivity index is 1.89. The highest BCUT2D eigenvalue weighted by atomic mass is 16.6. The van der Waals surface area contributed by atoms with Gasteiger partial charge in [0, 0.05) is 39.1 Å². The Morgan fingerprint density at radius 2 is 2.09 bits per heavy atom. The third-order valence-electron chi connectivity index (χ3n) is 3.69. The zero-order valence-electron chi connectivity index (χ0n) is 14.2. The van der Waals surface area contributed by atoms with Crippen molar-refractivity contribution < 1.29 is 9.53 Å². The van der Waals surface area contributed by atoms with Crippen LogP contribution >= 0.6 is 0 Å². The predicted molar refractivity (Wildman–Crippen MR) is 86.0 cm³/mol. The van der Waals surface area contributed by atoms with E-state index >= 15 is 0 Å². The molecule has 6 heteroatoms. The number of carbonyl (C=O) groups is 1. The lowest BCUT2D eigenvalue weighted by Crippen LogP contribution is -2.36. The molecule has 0 saturated carbocycles. The number of anilines is 1. The number of likely N-dealkylation sites (tertiary alicyclic amines) is 1. The summed E-state index contributed by atoms with van der Waals surface area (Å²) in [6.07, 6.45) is 4.18. The van der Waals surface area contributed by atoms with Crippen molar-refractivity contribution in [3.05, 3.63) is 18.1 Å². The molecule has 0 radical (unpaired) electrons. The molecule has 122 valence electrons. The van der Waals surface area contributed by atoms with E-state index in [4.69, 9.17) is 4.74 Å². The molecule has 1 atom stereocenters. The van der Waals surface area contributed by atoms with E-state index in [0.29, 0.717) is 5.92 Å². The smallest absolute Gasteiger partial charge is 0.410 e. The monoisotopic (exact) mass is 306 g/mol. The maximum atomic E-state index is 12.1. The molecule has 2 rings (SSSR count). The van der Waals surface area contributed by atoms with Crippen LogP contribution in [0.15, 0.2) is 12.4 Å². The second-order valence-corrected chi connectivity index (χ2v) is 6.93. The van der Waals surface area contributed by atoms with Crippen LogP contribution in [-0.4, -0.2) is 53.2 Å². The molecule has 2 heterocycles. The number of carbonyl (C=O) groups excluding carboxylic acids is 1. The van der Waals surface area contributed by atoms with E-state index < -0.39 is 5.60 Å². The fourth-order valence-electron chi connectivity index (χ4n) is 2.72. The minimum atomic E-state index is -0.442. The maximum Gasteiger partial charge on any atom is 0.410 e. The van der Waals surface area contributed by atoms with E-state index in [9.17, 15) is 4.79 Å². The van der Waals surface area contributed by atoms with E-state index in [1.54, 1.807) is 17.3 Å². The first kappa shape index (κ1) is 16.5. The summed E-state index contributed by atoms with van der Waals surface area (Å²) in [4.78, 5) is 24.7. The van der Waals surface area contributed by atoms with Gasteiger partial charge in [-0.2, -0.15) is 0 Å². The highest BCUT2D eigenvalue weighted by Gasteiger charge is 2.30. The quantitative estimate of drug-likeness (QED) is 0.858. The molecule has 1 aromatic heterocycles. The van der Waals surface area contributed by atoms with Crippen molar-refractivity contribution >= 4 is 11.9 Å². The number of ether oxygens (including phenoxy) is 1. The van der Waals surface area contributed by atoms with Crippen LogP contribution < -0.4 is 4.90 Å². The van der Waals surface area contributed by atoms with Crippen LogP contribution in [0.25, 0.3) is 0 Å². The second-order valence-electron chi connectivity index (χ2n) is 6.93. The first-order valence-corrected chi connectivity index (χ1v) is 7.73. The normalized spacial score (nSPS) is 18.4. The standard InChI is InChI=1S/C16H26N4O2/c1-12-14(18-8-7-17-12)19(5)10-13-6-9-20(11-13)15(21)22-16(2,3)4/h7-8,13H,6,9-11H2,1-5H3/t13-/m1/s1. The van der Waals surface area contributed by atoms with Gasteiger partial charge in [0.05, 0.1) is 5.69 Å². The van der Waals surface area contributed by atoms with Crippen LogP contribution in [0.5, 0.6) is 0 Å². The summed E-state index contributed by atoms with van der Waals surface area (Å²) in [5.41, 5.74) is 0.481. The lowest BCUT2D eigenvalue weighted by atomic mass is 10.1. The average Bonchev–Trinajstić information content (AvgIpc) is 2.85. The largest absolute Gasteiger partial charge is 0.444 e. The van der Waals surface area contributed by atoms with Gasteiger partial charge in [-0.25, -0.2) is 9.78 Å². The van der Waals surface area contributed by atoms with Gasteiger partial charge in [-0.3, -0.25) is 4.98 Å². The number of amides is 1. The Kier molecular flexibility index (Phi) is 4.88. The molecule has 0 N–H and O–H groups in total. The summed E-state index contributed by atoms with van der Waals surface area (Å²) in [5.74, 6) is 1.33. The van der Waals surface area contributed by atoms with E-state index in [0.717, 1.165) is 37.6 Å². The van der Waals surface area contributed by atoms with Crippen molar-refractivity contribution in [1.29, 1.82) is 0 Å². The Labute approximate surface area is 132 Å². The molecule has 1 amide bonds. The van der Waals surface area contributed by atoms with Crippen LogP contribution in [0.2, 0.25) is 0 Å². The van der Waals surface area contributed by atoms with Crippen molar-refractivity contribution in [2.45, 2.75) is 39.7 Å². The van der Waals surface area contributed by atoms with E-state index in [1.807, 2.05) is 34.7 Å². The second kappa shape index (κ2) is 6.50. The third kappa shape index (κ3) is 4.32. The van der Waals surface area contributed by atoms with Crippen LogP contribution in [0.3, 0.4) is 0 Å². The van der Waals surface area contributed by atoms with Crippen LogP contribution in [0.1, 0.15) is 32.9 Å². The SMILES string of the molecule is Cc1nccnc1N(C)C[C@H]1CCN(C(=O)OC(C)(C)C)C1. The average molecular weight is 306 g/mol. The molecule has 1 aliphatic rings. The van der Waals surface area contributed by atoms with E-state index in [-0.39, 0.29) is 6.09 Å². The Hall–Kier alpha value is -1.85. The van der Waals surface area contributed by atoms with Gasteiger partial charge in [-0.15, -0.1) is 0 Å². The van der Waals surface area contributed by atoms with E-state index in [2.05, 4.69) is 14.9 Å². The Morgan fingerprint density at radius 1 is 1.41 bits per heavy atom. The molecule has 0 aliphatic carbocycles. The summed E-state index contributed by atoms with van der Waals surface area (Å²) < 4.78 is 5.43. The van der Waals surface area contributed by atoms with Crippen molar-refractivity contribution in [2.75, 3.05) is 31.6 Å². The highest BCUT2D eigenvalue weighted by molar-refractivity contribution is 5.68. The van der Waals surface area contributed by atoms with E-state index in [1.165, 1.54) is 0 Å². The fraction of sp³-hybridized carbons (Fsp3) is 0.688. The molecule has 0 bridgehead atoms. The van der Waals surface area contributed by atoms with Gasteiger partial charge in [0.1, 0.15) is 11.4 Å². The first-order chi connectivity index (χ1) is 10.3. The number of rotatable bonds is 3. The van der Waals surface area contributed by atoms with Gasteiger partial charge >= 0.3 is 6.09 Å². The summed E-state index contributed by atoms with van der Waals surface area (Å²) in [6, 6.07) is 0.